The second-order valence-corrected chi connectivity index (χ2v) is 4.24. The third-order valence-corrected chi connectivity index (χ3v) is 2.73. The maximum Gasteiger partial charge on any atom is 0.287 e. The van der Waals surface area contributed by atoms with Gasteiger partial charge in [0.15, 0.2) is 5.76 Å². The number of aliphatic hydroxyl groups excluding tert-OH is 1. The molecule has 2 heterocycles. The first-order chi connectivity index (χ1) is 9.19. The van der Waals surface area contributed by atoms with E-state index in [1.54, 1.807) is 23.0 Å². The summed E-state index contributed by atoms with van der Waals surface area (Å²) < 4.78 is 7.14. The SMILES string of the molecule is CCC(O)CNC(=O)c1ccc(Cn2cccn2)o1. The molecule has 0 saturated heterocycles. The van der Waals surface area contributed by atoms with Crippen molar-refractivity contribution in [1.82, 2.24) is 15.1 Å². The van der Waals surface area contributed by atoms with E-state index in [9.17, 15) is 9.90 Å². The third kappa shape index (κ3) is 3.69. The molecule has 2 aromatic rings. The van der Waals surface area contributed by atoms with Crippen LogP contribution in [0.15, 0.2) is 35.0 Å². The van der Waals surface area contributed by atoms with E-state index >= 15 is 0 Å². The number of carbonyl (C=O) groups excluding carboxylic acids is 1. The van der Waals surface area contributed by atoms with Gasteiger partial charge in [0.05, 0.1) is 12.6 Å². The Balaban J connectivity index is 1.91. The van der Waals surface area contributed by atoms with Crippen LogP contribution in [0.2, 0.25) is 0 Å². The molecule has 1 amide bonds. The molecule has 0 fully saturated rings. The number of nitrogens with zero attached hydrogens (tertiary/aromatic N) is 2. The lowest BCUT2D eigenvalue weighted by molar-refractivity contribution is 0.0884. The van der Waals surface area contributed by atoms with Gasteiger partial charge in [-0.05, 0) is 24.6 Å². The highest BCUT2D eigenvalue weighted by Crippen LogP contribution is 2.09. The van der Waals surface area contributed by atoms with Crippen LogP contribution in [0, 0.1) is 0 Å². The molecule has 2 rings (SSSR count). The molecule has 6 heteroatoms. The highest BCUT2D eigenvalue weighted by atomic mass is 16.4. The van der Waals surface area contributed by atoms with E-state index in [4.69, 9.17) is 4.42 Å². The monoisotopic (exact) mass is 263 g/mol. The lowest BCUT2D eigenvalue weighted by atomic mass is 10.3. The molecule has 0 saturated carbocycles. The number of rotatable bonds is 6. The molecule has 1 unspecified atom stereocenters. The fourth-order valence-corrected chi connectivity index (χ4v) is 1.58. The zero-order valence-electron chi connectivity index (χ0n) is 10.7. The van der Waals surface area contributed by atoms with Crippen molar-refractivity contribution < 1.29 is 14.3 Å². The second kappa shape index (κ2) is 6.19. The lowest BCUT2D eigenvalue weighted by Crippen LogP contribution is -2.31. The van der Waals surface area contributed by atoms with Crippen LogP contribution >= 0.6 is 0 Å². The van der Waals surface area contributed by atoms with Crippen LogP contribution in [-0.2, 0) is 6.54 Å². The van der Waals surface area contributed by atoms with Crippen LogP contribution in [0.1, 0.15) is 29.7 Å². The zero-order chi connectivity index (χ0) is 13.7. The van der Waals surface area contributed by atoms with Crippen molar-refractivity contribution in [2.45, 2.75) is 26.0 Å². The van der Waals surface area contributed by atoms with Gasteiger partial charge in [-0.25, -0.2) is 0 Å². The van der Waals surface area contributed by atoms with Gasteiger partial charge < -0.3 is 14.8 Å². The van der Waals surface area contributed by atoms with E-state index in [-0.39, 0.29) is 18.2 Å². The van der Waals surface area contributed by atoms with Gasteiger partial charge >= 0.3 is 0 Å². The lowest BCUT2D eigenvalue weighted by Gasteiger charge is -2.07. The van der Waals surface area contributed by atoms with Crippen molar-refractivity contribution >= 4 is 5.91 Å². The summed E-state index contributed by atoms with van der Waals surface area (Å²) in [6, 6.07) is 5.18. The van der Waals surface area contributed by atoms with Crippen LogP contribution in [-0.4, -0.2) is 33.4 Å². The van der Waals surface area contributed by atoms with Crippen molar-refractivity contribution in [3.63, 3.8) is 0 Å². The van der Waals surface area contributed by atoms with Crippen LogP contribution in [0.3, 0.4) is 0 Å². The van der Waals surface area contributed by atoms with Gasteiger partial charge in [-0.1, -0.05) is 6.92 Å². The van der Waals surface area contributed by atoms with Gasteiger partial charge in [-0.15, -0.1) is 0 Å². The number of carbonyl (C=O) groups is 1. The number of furan rings is 1. The molecule has 19 heavy (non-hydrogen) atoms. The zero-order valence-corrected chi connectivity index (χ0v) is 10.7. The van der Waals surface area contributed by atoms with Gasteiger partial charge in [-0.2, -0.15) is 5.10 Å². The van der Waals surface area contributed by atoms with Gasteiger partial charge in [0, 0.05) is 18.9 Å². The molecular weight excluding hydrogens is 246 g/mol. The number of amides is 1. The molecule has 0 aliphatic heterocycles. The van der Waals surface area contributed by atoms with Gasteiger partial charge in [-0.3, -0.25) is 9.48 Å². The van der Waals surface area contributed by atoms with E-state index in [0.29, 0.717) is 18.7 Å². The topological polar surface area (TPSA) is 80.3 Å². The molecular formula is C13H17N3O3. The predicted octanol–water partition coefficient (Wildman–Crippen LogP) is 1.03. The minimum Gasteiger partial charge on any atom is -0.454 e. The van der Waals surface area contributed by atoms with E-state index in [0.717, 1.165) is 0 Å². The van der Waals surface area contributed by atoms with Crippen LogP contribution in [0.4, 0.5) is 0 Å². The predicted molar refractivity (Wildman–Crippen MR) is 68.7 cm³/mol. The highest BCUT2D eigenvalue weighted by Gasteiger charge is 2.12. The van der Waals surface area contributed by atoms with E-state index < -0.39 is 6.10 Å². The first kappa shape index (κ1) is 13.4. The summed E-state index contributed by atoms with van der Waals surface area (Å²) in [5.74, 6) is 0.578. The maximum absolute atomic E-state index is 11.7. The number of aromatic nitrogens is 2. The summed E-state index contributed by atoms with van der Waals surface area (Å²) in [6.07, 6.45) is 3.58. The summed E-state index contributed by atoms with van der Waals surface area (Å²) in [5.41, 5.74) is 0. The van der Waals surface area contributed by atoms with Crippen molar-refractivity contribution in [3.8, 4) is 0 Å². The molecule has 0 radical (unpaired) electrons. The Kier molecular flexibility index (Phi) is 4.35. The molecule has 1 atom stereocenters. The maximum atomic E-state index is 11.7. The Morgan fingerprint density at radius 3 is 3.11 bits per heavy atom. The average Bonchev–Trinajstić information content (AvgIpc) is 3.07. The van der Waals surface area contributed by atoms with Gasteiger partial charge in [0.25, 0.3) is 5.91 Å². The van der Waals surface area contributed by atoms with Crippen molar-refractivity contribution in [2.75, 3.05) is 6.54 Å². The van der Waals surface area contributed by atoms with Crippen molar-refractivity contribution in [1.29, 1.82) is 0 Å². The van der Waals surface area contributed by atoms with E-state index in [2.05, 4.69) is 10.4 Å². The molecule has 6 nitrogen and oxygen atoms in total. The minimum absolute atomic E-state index is 0.227. The van der Waals surface area contributed by atoms with E-state index in [1.165, 1.54) is 0 Å². The Bertz CT molecular complexity index is 519. The highest BCUT2D eigenvalue weighted by molar-refractivity contribution is 5.91. The fourth-order valence-electron chi connectivity index (χ4n) is 1.58. The molecule has 102 valence electrons. The number of hydrogen-bond donors (Lipinski definition) is 2. The normalized spacial score (nSPS) is 12.3. The summed E-state index contributed by atoms with van der Waals surface area (Å²) in [7, 11) is 0. The van der Waals surface area contributed by atoms with Gasteiger partial charge in [0.1, 0.15) is 5.76 Å². The number of hydrogen-bond acceptors (Lipinski definition) is 4. The van der Waals surface area contributed by atoms with E-state index in [1.807, 2.05) is 19.2 Å². The standard InChI is InChI=1S/C13H17N3O3/c1-2-10(17)8-14-13(18)12-5-4-11(19-12)9-16-7-3-6-15-16/h3-7,10,17H,2,8-9H2,1H3,(H,14,18). The summed E-state index contributed by atoms with van der Waals surface area (Å²) >= 11 is 0. The Hall–Kier alpha value is -2.08. The molecule has 0 aliphatic carbocycles. The summed E-state index contributed by atoms with van der Waals surface area (Å²) in [6.45, 7) is 2.56. The summed E-state index contributed by atoms with van der Waals surface area (Å²) in [4.78, 5) is 11.7. The smallest absolute Gasteiger partial charge is 0.287 e. The van der Waals surface area contributed by atoms with Crippen LogP contribution in [0.5, 0.6) is 0 Å². The Morgan fingerprint density at radius 1 is 1.58 bits per heavy atom. The minimum atomic E-state index is -0.526. The third-order valence-electron chi connectivity index (χ3n) is 2.73. The summed E-state index contributed by atoms with van der Waals surface area (Å²) in [5, 5.41) is 16.0. The average molecular weight is 263 g/mol. The molecule has 0 aromatic carbocycles. The van der Waals surface area contributed by atoms with Crippen LogP contribution in [0.25, 0.3) is 0 Å². The number of nitrogens with one attached hydrogen (secondary N) is 1. The Labute approximate surface area is 111 Å². The van der Waals surface area contributed by atoms with Crippen LogP contribution < -0.4 is 5.32 Å². The molecule has 2 N–H and O–H groups in total. The number of aliphatic hydroxyl groups is 1. The largest absolute Gasteiger partial charge is 0.454 e. The van der Waals surface area contributed by atoms with Gasteiger partial charge in [0.2, 0.25) is 0 Å². The first-order valence-electron chi connectivity index (χ1n) is 6.21. The molecule has 2 aromatic heterocycles. The molecule has 0 bridgehead atoms. The van der Waals surface area contributed by atoms with Crippen molar-refractivity contribution in [3.05, 3.63) is 42.1 Å². The fraction of sp³-hybridized carbons (Fsp3) is 0.385. The quantitative estimate of drug-likeness (QED) is 0.815. The van der Waals surface area contributed by atoms with Crippen molar-refractivity contribution in [2.24, 2.45) is 0 Å². The second-order valence-electron chi connectivity index (χ2n) is 4.24. The molecule has 0 aliphatic rings. The first-order valence-corrected chi connectivity index (χ1v) is 6.21. The molecule has 0 spiro atoms. The Morgan fingerprint density at radius 2 is 2.42 bits per heavy atom.